The number of carbonyl (C=O) groups is 1. The van der Waals surface area contributed by atoms with Crippen molar-refractivity contribution in [1.82, 2.24) is 14.8 Å². The summed E-state index contributed by atoms with van der Waals surface area (Å²) in [5.74, 6) is 0.296. The molecule has 2 amide bonds. The van der Waals surface area contributed by atoms with Crippen molar-refractivity contribution in [2.75, 3.05) is 19.7 Å². The Morgan fingerprint density at radius 1 is 1.33 bits per heavy atom. The van der Waals surface area contributed by atoms with E-state index in [0.717, 1.165) is 25.1 Å². The maximum atomic E-state index is 12.8. The topological polar surface area (TPSA) is 46.5 Å². The highest BCUT2D eigenvalue weighted by atomic mass is 19.1. The quantitative estimate of drug-likeness (QED) is 0.856. The number of halogens is 1. The van der Waals surface area contributed by atoms with E-state index in [1.807, 2.05) is 24.2 Å². The molecule has 1 atom stereocenters. The number of nitrogens with zero attached hydrogens (tertiary/aromatic N) is 2. The minimum absolute atomic E-state index is 0.0681. The van der Waals surface area contributed by atoms with Gasteiger partial charge in [-0.25, -0.2) is 9.18 Å². The second-order valence-electron chi connectivity index (χ2n) is 5.93. The van der Waals surface area contributed by atoms with Gasteiger partial charge in [0.1, 0.15) is 18.2 Å². The zero-order chi connectivity index (χ0) is 16.9. The zero-order valence-electron chi connectivity index (χ0n) is 13.7. The fourth-order valence-electron chi connectivity index (χ4n) is 3.10. The molecule has 6 heteroatoms. The number of benzene rings is 1. The highest BCUT2D eigenvalue weighted by molar-refractivity contribution is 5.75. The van der Waals surface area contributed by atoms with E-state index in [-0.39, 0.29) is 17.9 Å². The molecule has 2 aromatic rings. The molecular weight excluding hydrogens is 309 g/mol. The summed E-state index contributed by atoms with van der Waals surface area (Å²) < 4.78 is 20.4. The number of aromatic nitrogens is 1. The average Bonchev–Trinajstić information content (AvgIpc) is 3.21. The molecule has 0 saturated carbocycles. The molecule has 128 valence electrons. The molecule has 1 saturated heterocycles. The van der Waals surface area contributed by atoms with Crippen molar-refractivity contribution < 1.29 is 13.9 Å². The number of amides is 2. The number of nitrogens with one attached hydrogen (secondary N) is 1. The van der Waals surface area contributed by atoms with E-state index < -0.39 is 0 Å². The Morgan fingerprint density at radius 2 is 2.12 bits per heavy atom. The fraction of sp³-hybridized carbons (Fsp3) is 0.389. The Balaban J connectivity index is 1.48. The maximum Gasteiger partial charge on any atom is 0.318 e. The SMILES string of the molecule is Cn1cccc1C1CCCN1C(=O)NCCOc1ccc(F)cc1. The predicted octanol–water partition coefficient (Wildman–Crippen LogP) is 3.09. The Morgan fingerprint density at radius 3 is 2.83 bits per heavy atom. The molecule has 5 nitrogen and oxygen atoms in total. The molecule has 1 aliphatic rings. The van der Waals surface area contributed by atoms with Crippen LogP contribution in [0.2, 0.25) is 0 Å². The number of urea groups is 1. The summed E-state index contributed by atoms with van der Waals surface area (Å²) in [5.41, 5.74) is 1.16. The van der Waals surface area contributed by atoms with Crippen LogP contribution in [-0.2, 0) is 7.05 Å². The molecular formula is C18H22FN3O2. The first-order chi connectivity index (χ1) is 11.6. The first-order valence-electron chi connectivity index (χ1n) is 8.19. The van der Waals surface area contributed by atoms with E-state index in [1.54, 1.807) is 12.1 Å². The summed E-state index contributed by atoms with van der Waals surface area (Å²) in [6.45, 7) is 1.52. The Hall–Kier alpha value is -2.50. The number of likely N-dealkylation sites (tertiary alicyclic amines) is 1. The Labute approximate surface area is 141 Å². The lowest BCUT2D eigenvalue weighted by molar-refractivity contribution is 0.188. The minimum Gasteiger partial charge on any atom is -0.492 e. The van der Waals surface area contributed by atoms with E-state index in [1.165, 1.54) is 12.1 Å². The van der Waals surface area contributed by atoms with E-state index in [2.05, 4.69) is 16.0 Å². The standard InChI is InChI=1S/C18H22FN3O2/c1-21-11-2-4-16(21)17-5-3-12-22(17)18(23)20-10-13-24-15-8-6-14(19)7-9-15/h2,4,6-9,11,17H,3,5,10,12-13H2,1H3,(H,20,23). The first-order valence-corrected chi connectivity index (χ1v) is 8.19. The van der Waals surface area contributed by atoms with Gasteiger partial charge in [0.2, 0.25) is 0 Å². The number of aryl methyl sites for hydroxylation is 1. The molecule has 1 unspecified atom stereocenters. The van der Waals surface area contributed by atoms with E-state index in [4.69, 9.17) is 4.74 Å². The molecule has 2 heterocycles. The van der Waals surface area contributed by atoms with Crippen molar-refractivity contribution in [1.29, 1.82) is 0 Å². The summed E-state index contributed by atoms with van der Waals surface area (Å²) in [5, 5.41) is 2.90. The van der Waals surface area contributed by atoms with Gasteiger partial charge in [-0.3, -0.25) is 0 Å². The molecule has 1 aromatic heterocycles. The van der Waals surface area contributed by atoms with Gasteiger partial charge < -0.3 is 19.5 Å². The summed E-state index contributed by atoms with van der Waals surface area (Å²) in [7, 11) is 2.00. The highest BCUT2D eigenvalue weighted by Crippen LogP contribution is 2.31. The molecule has 3 rings (SSSR count). The minimum atomic E-state index is -0.295. The van der Waals surface area contributed by atoms with Crippen LogP contribution in [0, 0.1) is 5.82 Å². The third kappa shape index (κ3) is 3.69. The highest BCUT2D eigenvalue weighted by Gasteiger charge is 2.31. The van der Waals surface area contributed by atoms with Gasteiger partial charge in [-0.05, 0) is 49.2 Å². The van der Waals surface area contributed by atoms with Gasteiger partial charge in [-0.15, -0.1) is 0 Å². The number of hydrogen-bond acceptors (Lipinski definition) is 2. The predicted molar refractivity (Wildman–Crippen MR) is 89.4 cm³/mol. The largest absolute Gasteiger partial charge is 0.492 e. The lowest BCUT2D eigenvalue weighted by Crippen LogP contribution is -2.41. The van der Waals surface area contributed by atoms with Crippen LogP contribution in [0.25, 0.3) is 0 Å². The second-order valence-corrected chi connectivity index (χ2v) is 5.93. The normalized spacial score (nSPS) is 17.1. The van der Waals surface area contributed by atoms with Gasteiger partial charge in [-0.2, -0.15) is 0 Å². The van der Waals surface area contributed by atoms with Crippen molar-refractivity contribution in [3.8, 4) is 5.75 Å². The van der Waals surface area contributed by atoms with Crippen LogP contribution >= 0.6 is 0 Å². The number of carbonyl (C=O) groups excluding carboxylic acids is 1. The smallest absolute Gasteiger partial charge is 0.318 e. The van der Waals surface area contributed by atoms with Crippen molar-refractivity contribution in [3.63, 3.8) is 0 Å². The second kappa shape index (κ2) is 7.38. The zero-order valence-corrected chi connectivity index (χ0v) is 13.7. The van der Waals surface area contributed by atoms with Crippen LogP contribution in [0.4, 0.5) is 9.18 Å². The van der Waals surface area contributed by atoms with E-state index in [9.17, 15) is 9.18 Å². The first kappa shape index (κ1) is 16.4. The average molecular weight is 331 g/mol. The van der Waals surface area contributed by atoms with E-state index in [0.29, 0.717) is 18.9 Å². The molecule has 1 fully saturated rings. The van der Waals surface area contributed by atoms with Crippen molar-refractivity contribution in [3.05, 3.63) is 54.1 Å². The molecule has 0 aliphatic carbocycles. The lowest BCUT2D eigenvalue weighted by Gasteiger charge is -2.25. The van der Waals surface area contributed by atoms with Crippen LogP contribution in [0.3, 0.4) is 0 Å². The van der Waals surface area contributed by atoms with Crippen LogP contribution in [-0.4, -0.2) is 35.2 Å². The molecule has 24 heavy (non-hydrogen) atoms. The van der Waals surface area contributed by atoms with Crippen LogP contribution < -0.4 is 10.1 Å². The molecule has 0 radical (unpaired) electrons. The molecule has 0 bridgehead atoms. The molecule has 1 N–H and O–H groups in total. The monoisotopic (exact) mass is 331 g/mol. The maximum absolute atomic E-state index is 12.8. The van der Waals surface area contributed by atoms with Gasteiger partial charge in [0.15, 0.2) is 0 Å². The summed E-state index contributed by atoms with van der Waals surface area (Å²) >= 11 is 0. The Bertz CT molecular complexity index is 684. The number of hydrogen-bond donors (Lipinski definition) is 1. The van der Waals surface area contributed by atoms with Crippen LogP contribution in [0.1, 0.15) is 24.6 Å². The molecule has 1 aromatic carbocycles. The van der Waals surface area contributed by atoms with Crippen molar-refractivity contribution in [2.45, 2.75) is 18.9 Å². The summed E-state index contributed by atoms with van der Waals surface area (Å²) in [6.07, 6.45) is 3.99. The molecule has 1 aliphatic heterocycles. The van der Waals surface area contributed by atoms with Crippen molar-refractivity contribution >= 4 is 6.03 Å². The third-order valence-corrected chi connectivity index (χ3v) is 4.30. The van der Waals surface area contributed by atoms with Crippen molar-refractivity contribution in [2.24, 2.45) is 7.05 Å². The lowest BCUT2D eigenvalue weighted by atomic mass is 10.1. The van der Waals surface area contributed by atoms with Crippen LogP contribution in [0.5, 0.6) is 5.75 Å². The van der Waals surface area contributed by atoms with Gasteiger partial charge in [-0.1, -0.05) is 0 Å². The summed E-state index contributed by atoms with van der Waals surface area (Å²) in [6, 6.07) is 9.97. The van der Waals surface area contributed by atoms with Gasteiger partial charge in [0, 0.05) is 25.5 Å². The summed E-state index contributed by atoms with van der Waals surface area (Å²) in [4.78, 5) is 14.3. The van der Waals surface area contributed by atoms with Crippen LogP contribution in [0.15, 0.2) is 42.6 Å². The number of rotatable bonds is 5. The molecule has 0 spiro atoms. The number of ether oxygens (including phenoxy) is 1. The van der Waals surface area contributed by atoms with E-state index >= 15 is 0 Å². The Kier molecular flexibility index (Phi) is 5.03. The van der Waals surface area contributed by atoms with Gasteiger partial charge >= 0.3 is 6.03 Å². The van der Waals surface area contributed by atoms with Gasteiger partial charge in [0.25, 0.3) is 0 Å². The fourth-order valence-corrected chi connectivity index (χ4v) is 3.10. The van der Waals surface area contributed by atoms with Gasteiger partial charge in [0.05, 0.1) is 12.6 Å². The third-order valence-electron chi connectivity index (χ3n) is 4.30.